The molecular weight excluding hydrogens is 510 g/mol. The summed E-state index contributed by atoms with van der Waals surface area (Å²) >= 11 is 0. The number of nitrogens with zero attached hydrogens (tertiary/aromatic N) is 1. The summed E-state index contributed by atoms with van der Waals surface area (Å²) in [6.07, 6.45) is -1.90. The third-order valence-corrected chi connectivity index (χ3v) is 9.66. The van der Waals surface area contributed by atoms with Crippen LogP contribution in [-0.4, -0.2) is 79.2 Å². The summed E-state index contributed by atoms with van der Waals surface area (Å²) in [4.78, 5) is 14.0. The molecule has 0 spiro atoms. The number of amides is 1. The van der Waals surface area contributed by atoms with E-state index >= 15 is 0 Å². The number of nitrogens with one attached hydrogen (secondary N) is 1. The quantitative estimate of drug-likeness (QED) is 0.311. The highest BCUT2D eigenvalue weighted by atomic mass is 32.2. The maximum Gasteiger partial charge on any atom is 0.407 e. The summed E-state index contributed by atoms with van der Waals surface area (Å²) in [5, 5.41) is 23.8. The maximum atomic E-state index is 13.4. The second-order valence-corrected chi connectivity index (χ2v) is 12.4. The first-order chi connectivity index (χ1) is 18.1. The van der Waals surface area contributed by atoms with Gasteiger partial charge in [-0.3, -0.25) is 10.2 Å². The first kappa shape index (κ1) is 28.3. The fourth-order valence-corrected chi connectivity index (χ4v) is 7.26. The van der Waals surface area contributed by atoms with E-state index in [1.165, 1.54) is 29.2 Å². The summed E-state index contributed by atoms with van der Waals surface area (Å²) in [6.45, 7) is 4.09. The Morgan fingerprint density at radius 2 is 1.82 bits per heavy atom. The number of carbonyl (C=O) groups is 1. The van der Waals surface area contributed by atoms with E-state index in [0.717, 1.165) is 5.56 Å². The lowest BCUT2D eigenvalue weighted by molar-refractivity contribution is -0.0906. The monoisotopic (exact) mass is 547 g/mol. The van der Waals surface area contributed by atoms with Crippen LogP contribution in [0.25, 0.3) is 0 Å². The minimum Gasteiger partial charge on any atom is -0.465 e. The molecule has 0 saturated carbocycles. The van der Waals surface area contributed by atoms with Gasteiger partial charge in [-0.25, -0.2) is 13.2 Å². The maximum absolute atomic E-state index is 13.4. The van der Waals surface area contributed by atoms with Crippen molar-refractivity contribution in [3.05, 3.63) is 60.2 Å². The molecule has 2 aliphatic heterocycles. The Hall–Kier alpha value is -2.70. The fourth-order valence-electron chi connectivity index (χ4n) is 5.41. The summed E-state index contributed by atoms with van der Waals surface area (Å²) in [7, 11) is -3.81. The number of fused-ring (bicyclic) bond motifs is 1. The number of hydrogen-bond acceptors (Lipinski definition) is 8. The van der Waals surface area contributed by atoms with E-state index in [2.05, 4.69) is 5.32 Å². The van der Waals surface area contributed by atoms with E-state index in [1.807, 2.05) is 30.3 Å². The number of nitrogens with two attached hydrogens (primary N) is 1. The van der Waals surface area contributed by atoms with E-state index in [-0.39, 0.29) is 36.3 Å². The standard InChI is InChI=1S/C27H37N3O7S/c1-17(2)25(38(34,35)20-10-8-19(28)9-11-20)29-15-24(31)22(14-18-6-4-3-5-7-18)30(27(32)33)23-16-37-26-21(23)12-13-36-26/h3-11,17,21-26,29,31H,12-16,28H2,1-2H3,(H,32,33)/t21-,22-,23-,24+,25?,26+/m0/s1. The molecule has 6 atom stereocenters. The first-order valence-corrected chi connectivity index (χ1v) is 14.4. The van der Waals surface area contributed by atoms with Gasteiger partial charge in [0.2, 0.25) is 0 Å². The van der Waals surface area contributed by atoms with Crippen molar-refractivity contribution in [2.75, 3.05) is 25.5 Å². The zero-order valence-corrected chi connectivity index (χ0v) is 22.5. The predicted molar refractivity (Wildman–Crippen MR) is 142 cm³/mol. The zero-order chi connectivity index (χ0) is 27.4. The van der Waals surface area contributed by atoms with E-state index in [0.29, 0.717) is 18.7 Å². The zero-order valence-electron chi connectivity index (χ0n) is 21.6. The molecule has 2 aliphatic rings. The third-order valence-electron chi connectivity index (χ3n) is 7.35. The van der Waals surface area contributed by atoms with Gasteiger partial charge in [0.05, 0.1) is 36.3 Å². The summed E-state index contributed by atoms with van der Waals surface area (Å²) in [5.41, 5.74) is 7.04. The lowest BCUT2D eigenvalue weighted by atomic mass is 9.93. The minimum absolute atomic E-state index is 0.121. The van der Waals surface area contributed by atoms with Gasteiger partial charge < -0.3 is 25.4 Å². The van der Waals surface area contributed by atoms with Crippen LogP contribution < -0.4 is 11.1 Å². The summed E-state index contributed by atoms with van der Waals surface area (Å²) in [6, 6.07) is 14.0. The highest BCUT2D eigenvalue weighted by molar-refractivity contribution is 7.92. The van der Waals surface area contributed by atoms with Crippen molar-refractivity contribution < 1.29 is 32.9 Å². The first-order valence-electron chi connectivity index (χ1n) is 12.9. The van der Waals surface area contributed by atoms with Gasteiger partial charge in [0.15, 0.2) is 16.1 Å². The molecule has 0 aromatic heterocycles. The number of aliphatic hydroxyl groups excluding tert-OH is 1. The van der Waals surface area contributed by atoms with Gasteiger partial charge >= 0.3 is 6.09 Å². The topological polar surface area (TPSA) is 151 Å². The van der Waals surface area contributed by atoms with Crippen LogP contribution in [0.5, 0.6) is 0 Å². The Morgan fingerprint density at radius 3 is 2.45 bits per heavy atom. The molecule has 2 aromatic carbocycles. The number of aliphatic hydroxyl groups is 1. The fraction of sp³-hybridized carbons (Fsp3) is 0.519. The molecule has 38 heavy (non-hydrogen) atoms. The molecule has 11 heteroatoms. The van der Waals surface area contributed by atoms with Crippen LogP contribution in [0.15, 0.2) is 59.5 Å². The molecule has 5 N–H and O–H groups in total. The van der Waals surface area contributed by atoms with E-state index in [4.69, 9.17) is 15.2 Å². The largest absolute Gasteiger partial charge is 0.465 e. The van der Waals surface area contributed by atoms with Gasteiger partial charge in [-0.05, 0) is 48.6 Å². The Balaban J connectivity index is 1.58. The molecule has 0 radical (unpaired) electrons. The molecule has 0 aliphatic carbocycles. The number of anilines is 1. The Morgan fingerprint density at radius 1 is 1.13 bits per heavy atom. The van der Waals surface area contributed by atoms with Crippen LogP contribution in [0.2, 0.25) is 0 Å². The van der Waals surface area contributed by atoms with Gasteiger partial charge in [0, 0.05) is 18.2 Å². The van der Waals surface area contributed by atoms with E-state index in [9.17, 15) is 23.4 Å². The van der Waals surface area contributed by atoms with Crippen molar-refractivity contribution in [2.24, 2.45) is 11.8 Å². The number of nitrogen functional groups attached to an aromatic ring is 1. The molecule has 2 fully saturated rings. The average molecular weight is 548 g/mol. The smallest absolute Gasteiger partial charge is 0.407 e. The molecule has 2 saturated heterocycles. The number of ether oxygens (including phenoxy) is 2. The van der Waals surface area contributed by atoms with Crippen molar-refractivity contribution >= 4 is 21.6 Å². The van der Waals surface area contributed by atoms with Crippen molar-refractivity contribution in [3.8, 4) is 0 Å². The predicted octanol–water partition coefficient (Wildman–Crippen LogP) is 2.33. The van der Waals surface area contributed by atoms with Crippen molar-refractivity contribution in [3.63, 3.8) is 0 Å². The molecular formula is C27H37N3O7S. The number of rotatable bonds is 11. The second kappa shape index (κ2) is 12.0. The lowest BCUT2D eigenvalue weighted by Crippen LogP contribution is -2.58. The van der Waals surface area contributed by atoms with Crippen LogP contribution in [0.3, 0.4) is 0 Å². The van der Waals surface area contributed by atoms with Gasteiger partial charge in [-0.1, -0.05) is 44.2 Å². The van der Waals surface area contributed by atoms with Crippen molar-refractivity contribution in [2.45, 2.75) is 61.4 Å². The Bertz CT molecular complexity index is 1180. The molecule has 208 valence electrons. The summed E-state index contributed by atoms with van der Waals surface area (Å²) in [5.74, 6) is -0.452. The molecule has 4 rings (SSSR count). The lowest BCUT2D eigenvalue weighted by Gasteiger charge is -2.39. The highest BCUT2D eigenvalue weighted by Crippen LogP contribution is 2.36. The van der Waals surface area contributed by atoms with Gasteiger partial charge in [0.1, 0.15) is 5.37 Å². The number of benzene rings is 2. The van der Waals surface area contributed by atoms with Crippen LogP contribution in [0.4, 0.5) is 10.5 Å². The normalized spacial score (nSPS) is 23.6. The molecule has 2 aromatic rings. The van der Waals surface area contributed by atoms with Crippen LogP contribution in [-0.2, 0) is 25.7 Å². The van der Waals surface area contributed by atoms with Crippen molar-refractivity contribution in [1.29, 1.82) is 0 Å². The SMILES string of the molecule is CC(C)C(NC[C@@H](O)[C@H](Cc1ccccc1)N(C(=O)O)[C@H]1CO[C@H]2OCC[C@H]21)S(=O)(=O)c1ccc(N)cc1. The van der Waals surface area contributed by atoms with Gasteiger partial charge in [0.25, 0.3) is 0 Å². The molecule has 1 unspecified atom stereocenters. The summed E-state index contributed by atoms with van der Waals surface area (Å²) < 4.78 is 38.1. The minimum atomic E-state index is -3.81. The average Bonchev–Trinajstić information content (AvgIpc) is 3.49. The Kier molecular flexibility index (Phi) is 8.94. The molecule has 2 heterocycles. The van der Waals surface area contributed by atoms with Crippen molar-refractivity contribution in [1.82, 2.24) is 10.2 Å². The molecule has 1 amide bonds. The third kappa shape index (κ3) is 6.13. The molecule has 0 bridgehead atoms. The number of hydrogen-bond donors (Lipinski definition) is 4. The second-order valence-electron chi connectivity index (χ2n) is 10.3. The van der Waals surface area contributed by atoms with Crippen LogP contribution in [0, 0.1) is 11.8 Å². The van der Waals surface area contributed by atoms with Crippen LogP contribution >= 0.6 is 0 Å². The van der Waals surface area contributed by atoms with Gasteiger partial charge in [-0.2, -0.15) is 0 Å². The van der Waals surface area contributed by atoms with Gasteiger partial charge in [-0.15, -0.1) is 0 Å². The highest BCUT2D eigenvalue weighted by Gasteiger charge is 2.48. The molecule has 10 nitrogen and oxygen atoms in total. The number of carboxylic acid groups (broad SMARTS) is 1. The number of sulfone groups is 1. The van der Waals surface area contributed by atoms with E-state index < -0.39 is 45.8 Å². The Labute approximate surface area is 223 Å². The van der Waals surface area contributed by atoms with Crippen LogP contribution in [0.1, 0.15) is 25.8 Å². The van der Waals surface area contributed by atoms with E-state index in [1.54, 1.807) is 13.8 Å².